The lowest BCUT2D eigenvalue weighted by molar-refractivity contribution is -0.114. The summed E-state index contributed by atoms with van der Waals surface area (Å²) < 4.78 is 32.8. The number of carbonyl (C=O) groups excluding carboxylic acids is 2. The first kappa shape index (κ1) is 23.0. The van der Waals surface area contributed by atoms with E-state index >= 15 is 0 Å². The van der Waals surface area contributed by atoms with Crippen molar-refractivity contribution in [1.29, 1.82) is 0 Å². The molecule has 0 bridgehead atoms. The fraction of sp³-hybridized carbons (Fsp3) is 0.250. The van der Waals surface area contributed by atoms with Gasteiger partial charge in [-0.25, -0.2) is 13.2 Å². The van der Waals surface area contributed by atoms with E-state index in [-0.39, 0.29) is 4.90 Å². The number of amides is 1. The number of esters is 1. The number of nitrogens with one attached hydrogen (secondary N) is 1. The Morgan fingerprint density at radius 2 is 1.64 bits per heavy atom. The van der Waals surface area contributed by atoms with Crippen molar-refractivity contribution in [2.45, 2.75) is 30.6 Å². The molecule has 1 heterocycles. The molecule has 4 rings (SSSR count). The van der Waals surface area contributed by atoms with E-state index in [0.717, 1.165) is 40.4 Å². The number of methoxy groups -OCH3 is 1. The van der Waals surface area contributed by atoms with Gasteiger partial charge in [0.2, 0.25) is 5.91 Å². The van der Waals surface area contributed by atoms with Crippen LogP contribution in [0.15, 0.2) is 65.6 Å². The average molecular weight is 485 g/mol. The SMILES string of the molecule is COC(=O)c1c(NC(=O)CN(c2ccccc2)S(=O)(=O)c2ccccc2)sc2c1CCCC2. The minimum atomic E-state index is -3.99. The Bertz CT molecular complexity index is 1250. The molecule has 3 aromatic rings. The van der Waals surface area contributed by atoms with Crippen LogP contribution in [-0.2, 0) is 32.4 Å². The second-order valence-electron chi connectivity index (χ2n) is 7.62. The molecule has 1 amide bonds. The van der Waals surface area contributed by atoms with Crippen LogP contribution in [0.3, 0.4) is 0 Å². The van der Waals surface area contributed by atoms with Crippen LogP contribution in [0.5, 0.6) is 0 Å². The summed E-state index contributed by atoms with van der Waals surface area (Å²) in [6, 6.07) is 16.4. The molecule has 172 valence electrons. The number of nitrogens with zero attached hydrogens (tertiary/aromatic N) is 1. The third-order valence-corrected chi connectivity index (χ3v) is 8.47. The van der Waals surface area contributed by atoms with Gasteiger partial charge in [0.1, 0.15) is 11.5 Å². The molecule has 0 saturated heterocycles. The molecular formula is C24H24N2O5S2. The molecule has 0 atom stereocenters. The predicted molar refractivity (Wildman–Crippen MR) is 128 cm³/mol. The summed E-state index contributed by atoms with van der Waals surface area (Å²) in [6.07, 6.45) is 3.60. The normalized spacial score (nSPS) is 13.1. The number of fused-ring (bicyclic) bond motifs is 1. The number of ether oxygens (including phenoxy) is 1. The zero-order valence-corrected chi connectivity index (χ0v) is 19.7. The molecule has 2 aromatic carbocycles. The number of anilines is 2. The summed E-state index contributed by atoms with van der Waals surface area (Å²) in [5, 5.41) is 3.19. The largest absolute Gasteiger partial charge is 0.465 e. The number of hydrogen-bond donors (Lipinski definition) is 1. The Morgan fingerprint density at radius 3 is 2.30 bits per heavy atom. The highest BCUT2D eigenvalue weighted by Gasteiger charge is 2.30. The van der Waals surface area contributed by atoms with Crippen molar-refractivity contribution in [2.24, 2.45) is 0 Å². The van der Waals surface area contributed by atoms with Crippen molar-refractivity contribution in [3.05, 3.63) is 76.7 Å². The van der Waals surface area contributed by atoms with Crippen LogP contribution in [0.4, 0.5) is 10.7 Å². The fourth-order valence-corrected chi connectivity index (χ4v) is 6.63. The van der Waals surface area contributed by atoms with Gasteiger partial charge in [0.05, 0.1) is 23.3 Å². The van der Waals surface area contributed by atoms with Crippen LogP contribution in [0, 0.1) is 0 Å². The number of hydrogen-bond acceptors (Lipinski definition) is 6. The van der Waals surface area contributed by atoms with Crippen LogP contribution in [0.2, 0.25) is 0 Å². The van der Waals surface area contributed by atoms with Crippen LogP contribution in [-0.4, -0.2) is 33.9 Å². The summed E-state index contributed by atoms with van der Waals surface area (Å²) in [7, 11) is -2.68. The van der Waals surface area contributed by atoms with Crippen LogP contribution in [0.25, 0.3) is 0 Å². The molecule has 1 aliphatic carbocycles. The zero-order valence-electron chi connectivity index (χ0n) is 18.1. The predicted octanol–water partition coefficient (Wildman–Crippen LogP) is 4.25. The lowest BCUT2D eigenvalue weighted by Gasteiger charge is -2.24. The van der Waals surface area contributed by atoms with E-state index in [1.54, 1.807) is 48.5 Å². The fourth-order valence-electron chi connectivity index (χ4n) is 3.90. The van der Waals surface area contributed by atoms with Gasteiger partial charge in [0, 0.05) is 4.88 Å². The van der Waals surface area contributed by atoms with E-state index in [1.165, 1.54) is 30.6 Å². The summed E-state index contributed by atoms with van der Waals surface area (Å²) in [4.78, 5) is 26.7. The first-order valence-electron chi connectivity index (χ1n) is 10.6. The van der Waals surface area contributed by atoms with E-state index in [4.69, 9.17) is 4.74 Å². The minimum Gasteiger partial charge on any atom is -0.465 e. The molecular weight excluding hydrogens is 460 g/mol. The average Bonchev–Trinajstić information content (AvgIpc) is 3.20. The molecule has 0 aliphatic heterocycles. The van der Waals surface area contributed by atoms with Gasteiger partial charge in [-0.1, -0.05) is 36.4 Å². The van der Waals surface area contributed by atoms with Crippen LogP contribution < -0.4 is 9.62 Å². The first-order chi connectivity index (χ1) is 15.9. The molecule has 0 fully saturated rings. The summed E-state index contributed by atoms with van der Waals surface area (Å²) >= 11 is 1.36. The molecule has 0 saturated carbocycles. The van der Waals surface area contributed by atoms with Gasteiger partial charge < -0.3 is 10.1 Å². The monoisotopic (exact) mass is 484 g/mol. The van der Waals surface area contributed by atoms with Crippen LogP contribution >= 0.6 is 11.3 Å². The van der Waals surface area contributed by atoms with Crippen molar-refractivity contribution in [2.75, 3.05) is 23.3 Å². The van der Waals surface area contributed by atoms with Gasteiger partial charge in [-0.05, 0) is 55.5 Å². The number of rotatable bonds is 7. The Labute approximate surface area is 197 Å². The molecule has 9 heteroatoms. The highest BCUT2D eigenvalue weighted by atomic mass is 32.2. The van der Waals surface area contributed by atoms with Crippen molar-refractivity contribution < 1.29 is 22.7 Å². The lowest BCUT2D eigenvalue weighted by Crippen LogP contribution is -2.38. The van der Waals surface area contributed by atoms with E-state index < -0.39 is 28.4 Å². The second kappa shape index (κ2) is 9.76. The number of benzene rings is 2. The van der Waals surface area contributed by atoms with E-state index in [1.807, 2.05) is 0 Å². The number of sulfonamides is 1. The molecule has 0 unspecified atom stereocenters. The lowest BCUT2D eigenvalue weighted by atomic mass is 9.95. The molecule has 1 aromatic heterocycles. The molecule has 0 spiro atoms. The topological polar surface area (TPSA) is 92.8 Å². The van der Waals surface area contributed by atoms with Crippen molar-refractivity contribution >= 4 is 43.9 Å². The Kier molecular flexibility index (Phi) is 6.80. The highest BCUT2D eigenvalue weighted by Crippen LogP contribution is 2.38. The van der Waals surface area contributed by atoms with Gasteiger partial charge in [-0.3, -0.25) is 9.10 Å². The summed E-state index contributed by atoms with van der Waals surface area (Å²) in [5.41, 5.74) is 1.67. The second-order valence-corrected chi connectivity index (χ2v) is 10.6. The van der Waals surface area contributed by atoms with E-state index in [2.05, 4.69) is 5.32 Å². The molecule has 7 nitrogen and oxygen atoms in total. The minimum absolute atomic E-state index is 0.0866. The first-order valence-corrected chi connectivity index (χ1v) is 12.8. The number of carbonyl (C=O) groups is 2. The van der Waals surface area contributed by atoms with Gasteiger partial charge in [0.15, 0.2) is 0 Å². The maximum Gasteiger partial charge on any atom is 0.341 e. The third-order valence-electron chi connectivity index (χ3n) is 5.48. The molecule has 1 N–H and O–H groups in total. The van der Waals surface area contributed by atoms with Gasteiger partial charge in [-0.2, -0.15) is 0 Å². The Morgan fingerprint density at radius 1 is 1.00 bits per heavy atom. The number of para-hydroxylation sites is 1. The smallest absolute Gasteiger partial charge is 0.341 e. The van der Waals surface area contributed by atoms with Crippen LogP contribution in [0.1, 0.15) is 33.6 Å². The van der Waals surface area contributed by atoms with Crippen molar-refractivity contribution in [3.8, 4) is 0 Å². The quantitative estimate of drug-likeness (QED) is 0.506. The van der Waals surface area contributed by atoms with E-state index in [0.29, 0.717) is 16.3 Å². The van der Waals surface area contributed by atoms with Gasteiger partial charge >= 0.3 is 5.97 Å². The summed E-state index contributed by atoms with van der Waals surface area (Å²) in [5.74, 6) is -1.04. The third kappa shape index (κ3) is 4.79. The molecule has 33 heavy (non-hydrogen) atoms. The zero-order chi connectivity index (χ0) is 23.4. The maximum absolute atomic E-state index is 13.4. The van der Waals surface area contributed by atoms with Crippen molar-refractivity contribution in [1.82, 2.24) is 0 Å². The number of aryl methyl sites for hydroxylation is 1. The van der Waals surface area contributed by atoms with E-state index in [9.17, 15) is 18.0 Å². The number of thiophene rings is 1. The summed E-state index contributed by atoms with van der Waals surface area (Å²) in [6.45, 7) is -0.440. The standard InChI is InChI=1S/C24H24N2O5S2/c1-31-24(28)22-19-14-8-9-15-20(19)32-23(22)25-21(27)16-26(17-10-4-2-5-11-17)33(29,30)18-12-6-3-7-13-18/h2-7,10-13H,8-9,14-16H2,1H3,(H,25,27). The Balaban J connectivity index is 1.65. The Hall–Kier alpha value is -3.17. The highest BCUT2D eigenvalue weighted by molar-refractivity contribution is 7.92. The maximum atomic E-state index is 13.4. The van der Waals surface area contributed by atoms with Gasteiger partial charge in [0.25, 0.3) is 10.0 Å². The molecule has 1 aliphatic rings. The van der Waals surface area contributed by atoms with Gasteiger partial charge in [-0.15, -0.1) is 11.3 Å². The molecule has 0 radical (unpaired) electrons. The van der Waals surface area contributed by atoms with Crippen molar-refractivity contribution in [3.63, 3.8) is 0 Å².